The van der Waals surface area contributed by atoms with Crippen LogP contribution in [0.25, 0.3) is 0 Å². The molecule has 0 aromatic carbocycles. The molecule has 0 aliphatic rings. The third-order valence-corrected chi connectivity index (χ3v) is 3.09. The first-order chi connectivity index (χ1) is 9.63. The molecule has 1 atom stereocenters. The van der Waals surface area contributed by atoms with Gasteiger partial charge in [0.05, 0.1) is 6.54 Å². The summed E-state index contributed by atoms with van der Waals surface area (Å²) in [6.07, 6.45) is 7.16. The third-order valence-electron chi connectivity index (χ3n) is 3.09. The Morgan fingerprint density at radius 3 is 2.38 bits per heavy atom. The van der Waals surface area contributed by atoms with Crippen molar-refractivity contribution in [2.75, 3.05) is 20.1 Å². The van der Waals surface area contributed by atoms with E-state index in [1.165, 1.54) is 25.7 Å². The maximum absolute atomic E-state index is 11.5. The fourth-order valence-electron chi connectivity index (χ4n) is 1.87. The highest BCUT2D eigenvalue weighted by molar-refractivity contribution is 14.0. The maximum atomic E-state index is 11.5. The smallest absolute Gasteiger partial charge is 0.239 e. The fraction of sp³-hybridized carbons (Fsp3) is 0.867. The van der Waals surface area contributed by atoms with Gasteiger partial charge in [-0.15, -0.1) is 24.0 Å². The molecule has 0 saturated carbocycles. The van der Waals surface area contributed by atoms with Crippen LogP contribution in [0.4, 0.5) is 0 Å². The fourth-order valence-corrected chi connectivity index (χ4v) is 1.87. The molecular weight excluding hydrogens is 379 g/mol. The highest BCUT2D eigenvalue weighted by Gasteiger charge is 2.06. The van der Waals surface area contributed by atoms with Crippen molar-refractivity contribution in [3.8, 4) is 0 Å². The number of guanidine groups is 1. The van der Waals surface area contributed by atoms with E-state index in [1.54, 1.807) is 7.05 Å². The molecule has 5 nitrogen and oxygen atoms in total. The summed E-state index contributed by atoms with van der Waals surface area (Å²) in [4.78, 5) is 15.6. The Balaban J connectivity index is 0. The van der Waals surface area contributed by atoms with Crippen molar-refractivity contribution in [3.63, 3.8) is 0 Å². The van der Waals surface area contributed by atoms with Crippen LogP contribution < -0.4 is 16.0 Å². The summed E-state index contributed by atoms with van der Waals surface area (Å²) in [6.45, 7) is 7.39. The van der Waals surface area contributed by atoms with Gasteiger partial charge in [-0.25, -0.2) is 0 Å². The maximum Gasteiger partial charge on any atom is 0.239 e. The zero-order valence-electron chi connectivity index (χ0n) is 14.0. The number of hydrogen-bond acceptors (Lipinski definition) is 2. The lowest BCUT2D eigenvalue weighted by atomic mass is 10.1. The van der Waals surface area contributed by atoms with Gasteiger partial charge < -0.3 is 16.0 Å². The van der Waals surface area contributed by atoms with Crippen molar-refractivity contribution in [2.45, 2.75) is 65.3 Å². The first-order valence-electron chi connectivity index (χ1n) is 7.87. The number of halogens is 1. The molecule has 21 heavy (non-hydrogen) atoms. The van der Waals surface area contributed by atoms with Crippen LogP contribution in [0.5, 0.6) is 0 Å². The number of carbonyl (C=O) groups is 1. The van der Waals surface area contributed by atoms with Gasteiger partial charge in [-0.2, -0.15) is 0 Å². The Hall–Kier alpha value is -0.530. The predicted molar refractivity (Wildman–Crippen MR) is 101 cm³/mol. The minimum absolute atomic E-state index is 0. The minimum atomic E-state index is 0. The summed E-state index contributed by atoms with van der Waals surface area (Å²) >= 11 is 0. The average molecular weight is 412 g/mol. The van der Waals surface area contributed by atoms with Crippen LogP contribution in [0.3, 0.4) is 0 Å². The first kappa shape index (κ1) is 22.7. The van der Waals surface area contributed by atoms with E-state index in [1.807, 2.05) is 6.92 Å². The minimum Gasteiger partial charge on any atom is -0.355 e. The van der Waals surface area contributed by atoms with Crippen molar-refractivity contribution < 1.29 is 4.79 Å². The Morgan fingerprint density at radius 2 is 1.81 bits per heavy atom. The van der Waals surface area contributed by atoms with Crippen molar-refractivity contribution >= 4 is 35.8 Å². The molecule has 126 valence electrons. The van der Waals surface area contributed by atoms with Gasteiger partial charge >= 0.3 is 0 Å². The summed E-state index contributed by atoms with van der Waals surface area (Å²) in [5, 5.41) is 9.18. The Morgan fingerprint density at radius 1 is 1.10 bits per heavy atom. The van der Waals surface area contributed by atoms with Gasteiger partial charge in [0.1, 0.15) is 0 Å². The standard InChI is InChI=1S/C15H32N4O.HI/c1-5-7-8-9-10-13(3)19-15(16-4)18-12-14(20)17-11-6-2;/h13H,5-12H2,1-4H3,(H,17,20)(H2,16,18,19);1H. The zero-order valence-corrected chi connectivity index (χ0v) is 16.3. The molecule has 0 fully saturated rings. The highest BCUT2D eigenvalue weighted by Crippen LogP contribution is 2.04. The lowest BCUT2D eigenvalue weighted by Crippen LogP contribution is -2.46. The van der Waals surface area contributed by atoms with E-state index in [4.69, 9.17) is 0 Å². The SMILES string of the molecule is CCCCCCC(C)NC(=NC)NCC(=O)NCCC.I. The molecule has 6 heteroatoms. The van der Waals surface area contributed by atoms with Gasteiger partial charge in [0.15, 0.2) is 5.96 Å². The molecule has 0 saturated heterocycles. The van der Waals surface area contributed by atoms with Crippen molar-refractivity contribution in [1.82, 2.24) is 16.0 Å². The number of amides is 1. The molecule has 0 bridgehead atoms. The summed E-state index contributed by atoms with van der Waals surface area (Å²) in [6, 6.07) is 0.372. The lowest BCUT2D eigenvalue weighted by Gasteiger charge is -2.17. The van der Waals surface area contributed by atoms with Crippen LogP contribution in [0.15, 0.2) is 4.99 Å². The van der Waals surface area contributed by atoms with E-state index in [0.29, 0.717) is 12.0 Å². The number of aliphatic imine (C=N–C) groups is 1. The van der Waals surface area contributed by atoms with Gasteiger partial charge in [0.25, 0.3) is 0 Å². The lowest BCUT2D eigenvalue weighted by molar-refractivity contribution is -0.120. The van der Waals surface area contributed by atoms with Crippen molar-refractivity contribution in [1.29, 1.82) is 0 Å². The van der Waals surface area contributed by atoms with Gasteiger partial charge in [-0.3, -0.25) is 9.79 Å². The van der Waals surface area contributed by atoms with Crippen LogP contribution >= 0.6 is 24.0 Å². The van der Waals surface area contributed by atoms with E-state index in [0.717, 1.165) is 19.4 Å². The molecule has 1 unspecified atom stereocenters. The molecule has 0 radical (unpaired) electrons. The van der Waals surface area contributed by atoms with Gasteiger partial charge in [-0.1, -0.05) is 39.5 Å². The summed E-state index contributed by atoms with van der Waals surface area (Å²) < 4.78 is 0. The summed E-state index contributed by atoms with van der Waals surface area (Å²) in [5.41, 5.74) is 0. The van der Waals surface area contributed by atoms with E-state index < -0.39 is 0 Å². The van der Waals surface area contributed by atoms with Crippen molar-refractivity contribution in [2.24, 2.45) is 4.99 Å². The van der Waals surface area contributed by atoms with Crippen LogP contribution in [-0.4, -0.2) is 38.0 Å². The molecule has 0 spiro atoms. The molecule has 1 amide bonds. The quantitative estimate of drug-likeness (QED) is 0.224. The second kappa shape index (κ2) is 15.9. The van der Waals surface area contributed by atoms with E-state index in [2.05, 4.69) is 34.8 Å². The molecular formula is C15H33IN4O. The average Bonchev–Trinajstić information content (AvgIpc) is 2.45. The topological polar surface area (TPSA) is 65.5 Å². The van der Waals surface area contributed by atoms with Crippen LogP contribution in [0.1, 0.15) is 59.3 Å². The summed E-state index contributed by atoms with van der Waals surface area (Å²) in [5.74, 6) is 0.699. The molecule has 0 rings (SSSR count). The second-order valence-corrected chi connectivity index (χ2v) is 5.17. The van der Waals surface area contributed by atoms with Gasteiger partial charge in [0, 0.05) is 19.6 Å². The third kappa shape index (κ3) is 14.2. The number of unbranched alkanes of at least 4 members (excludes halogenated alkanes) is 3. The second-order valence-electron chi connectivity index (χ2n) is 5.17. The Labute approximate surface area is 147 Å². The van der Waals surface area contributed by atoms with E-state index in [-0.39, 0.29) is 36.4 Å². The largest absolute Gasteiger partial charge is 0.355 e. The van der Waals surface area contributed by atoms with Gasteiger partial charge in [-0.05, 0) is 19.8 Å². The Bertz CT molecular complexity index is 285. The number of nitrogens with one attached hydrogen (secondary N) is 3. The number of rotatable bonds is 10. The monoisotopic (exact) mass is 412 g/mol. The number of nitrogens with zero attached hydrogens (tertiary/aromatic N) is 1. The number of carbonyl (C=O) groups excluding carboxylic acids is 1. The summed E-state index contributed by atoms with van der Waals surface area (Å²) in [7, 11) is 1.73. The molecule has 0 aliphatic carbocycles. The number of hydrogen-bond donors (Lipinski definition) is 3. The highest BCUT2D eigenvalue weighted by atomic mass is 127. The van der Waals surface area contributed by atoms with Crippen LogP contribution in [0.2, 0.25) is 0 Å². The van der Waals surface area contributed by atoms with E-state index in [9.17, 15) is 4.79 Å². The molecule has 0 aliphatic heterocycles. The zero-order chi connectivity index (χ0) is 15.2. The molecule has 3 N–H and O–H groups in total. The van der Waals surface area contributed by atoms with E-state index >= 15 is 0 Å². The first-order valence-corrected chi connectivity index (χ1v) is 7.87. The Kier molecular flexibility index (Phi) is 17.2. The normalized spacial score (nSPS) is 12.3. The van der Waals surface area contributed by atoms with Gasteiger partial charge in [0.2, 0.25) is 5.91 Å². The van der Waals surface area contributed by atoms with Crippen molar-refractivity contribution in [3.05, 3.63) is 0 Å². The predicted octanol–water partition coefficient (Wildman–Crippen LogP) is 2.65. The molecule has 0 aromatic rings. The van der Waals surface area contributed by atoms with Crippen LogP contribution in [-0.2, 0) is 4.79 Å². The molecule has 0 heterocycles. The van der Waals surface area contributed by atoms with Crippen LogP contribution in [0, 0.1) is 0 Å². The molecule has 0 aromatic heterocycles.